The van der Waals surface area contributed by atoms with E-state index in [1.54, 1.807) is 25.4 Å². The van der Waals surface area contributed by atoms with Crippen LogP contribution in [0, 0.1) is 13.8 Å². The van der Waals surface area contributed by atoms with Crippen LogP contribution in [0.5, 0.6) is 0 Å². The van der Waals surface area contributed by atoms with E-state index in [-0.39, 0.29) is 6.03 Å². The van der Waals surface area contributed by atoms with Crippen molar-refractivity contribution in [3.05, 3.63) is 15.6 Å². The molecule has 1 aromatic heterocycles. The summed E-state index contributed by atoms with van der Waals surface area (Å²) < 4.78 is 0. The first kappa shape index (κ1) is 13.9. The van der Waals surface area contributed by atoms with Crippen molar-refractivity contribution in [3.63, 3.8) is 0 Å². The van der Waals surface area contributed by atoms with Gasteiger partial charge in [-0.3, -0.25) is 0 Å². The molecule has 0 radical (unpaired) electrons. The molecule has 0 atom stereocenters. The Hall–Kier alpha value is -1.14. The van der Waals surface area contributed by atoms with E-state index in [9.17, 15) is 4.79 Å². The summed E-state index contributed by atoms with van der Waals surface area (Å²) >= 11 is 1.71. The number of carbonyl (C=O) groups is 1. The third-order valence-corrected chi connectivity index (χ3v) is 3.41. The van der Waals surface area contributed by atoms with Crippen molar-refractivity contribution in [2.45, 2.75) is 20.4 Å². The lowest BCUT2D eigenvalue weighted by atomic mass is 10.4. The van der Waals surface area contributed by atoms with Crippen LogP contribution in [0.2, 0.25) is 0 Å². The van der Waals surface area contributed by atoms with Gasteiger partial charge in [-0.2, -0.15) is 0 Å². The van der Waals surface area contributed by atoms with E-state index in [0.29, 0.717) is 6.54 Å². The van der Waals surface area contributed by atoms with Crippen molar-refractivity contribution in [3.8, 4) is 0 Å². The van der Waals surface area contributed by atoms with E-state index >= 15 is 0 Å². The molecule has 1 heterocycles. The third kappa shape index (κ3) is 4.70. The highest BCUT2D eigenvalue weighted by Crippen LogP contribution is 2.15. The van der Waals surface area contributed by atoms with Gasteiger partial charge in [0.1, 0.15) is 5.01 Å². The maximum atomic E-state index is 11.2. The van der Waals surface area contributed by atoms with Crippen molar-refractivity contribution >= 4 is 17.4 Å². The average Bonchev–Trinajstić information content (AvgIpc) is 2.57. The minimum Gasteiger partial charge on any atom is -0.337 e. The molecule has 0 aliphatic carbocycles. The predicted molar refractivity (Wildman–Crippen MR) is 70.4 cm³/mol. The Labute approximate surface area is 106 Å². The molecule has 2 N–H and O–H groups in total. The molecule has 0 aromatic carbocycles. The molecule has 17 heavy (non-hydrogen) atoms. The van der Waals surface area contributed by atoms with Crippen molar-refractivity contribution in [1.82, 2.24) is 20.5 Å². The molecule has 0 bridgehead atoms. The highest BCUT2D eigenvalue weighted by Gasteiger charge is 2.03. The van der Waals surface area contributed by atoms with Crippen molar-refractivity contribution in [1.29, 1.82) is 0 Å². The lowest BCUT2D eigenvalue weighted by Gasteiger charge is -2.11. The normalized spacial score (nSPS) is 10.4. The summed E-state index contributed by atoms with van der Waals surface area (Å²) in [5.74, 6) is 0. The van der Waals surface area contributed by atoms with Crippen LogP contribution in [-0.2, 0) is 6.54 Å². The zero-order valence-electron chi connectivity index (χ0n) is 10.8. The molecule has 0 aliphatic rings. The Balaban J connectivity index is 2.14. The maximum absolute atomic E-state index is 11.2. The highest BCUT2D eigenvalue weighted by atomic mass is 32.1. The van der Waals surface area contributed by atoms with Crippen molar-refractivity contribution in [2.24, 2.45) is 0 Å². The van der Waals surface area contributed by atoms with Gasteiger partial charge >= 0.3 is 6.03 Å². The Morgan fingerprint density at radius 3 is 2.59 bits per heavy atom. The molecular weight excluding hydrogens is 236 g/mol. The number of hydrogen-bond donors (Lipinski definition) is 2. The second-order valence-corrected chi connectivity index (χ2v) is 5.34. The summed E-state index contributed by atoms with van der Waals surface area (Å²) in [7, 11) is 3.45. The Bertz CT molecular complexity index is 356. The maximum Gasteiger partial charge on any atom is 0.316 e. The molecule has 0 fully saturated rings. The van der Waals surface area contributed by atoms with Crippen LogP contribution in [0.1, 0.15) is 15.6 Å². The molecule has 1 rings (SSSR count). The number of hydrogen-bond acceptors (Lipinski definition) is 4. The minimum absolute atomic E-state index is 0.0623. The van der Waals surface area contributed by atoms with Crippen LogP contribution in [0.15, 0.2) is 0 Å². The molecule has 5 nitrogen and oxygen atoms in total. The van der Waals surface area contributed by atoms with Crippen molar-refractivity contribution in [2.75, 3.05) is 27.2 Å². The molecule has 96 valence electrons. The monoisotopic (exact) mass is 256 g/mol. The average molecular weight is 256 g/mol. The molecule has 0 aliphatic heterocycles. The number of carbonyl (C=O) groups excluding carboxylic acids is 1. The van der Waals surface area contributed by atoms with Crippen LogP contribution < -0.4 is 10.6 Å². The van der Waals surface area contributed by atoms with Gasteiger partial charge in [0.05, 0.1) is 5.69 Å². The molecule has 1 aromatic rings. The smallest absolute Gasteiger partial charge is 0.316 e. The van der Waals surface area contributed by atoms with Gasteiger partial charge in [-0.1, -0.05) is 0 Å². The van der Waals surface area contributed by atoms with Crippen LogP contribution in [0.25, 0.3) is 0 Å². The molecule has 0 spiro atoms. The molecule has 2 amide bonds. The summed E-state index contributed by atoms with van der Waals surface area (Å²) in [5.41, 5.74) is 1.10. The lowest BCUT2D eigenvalue weighted by molar-refractivity contribution is 0.217. The van der Waals surface area contributed by atoms with Crippen molar-refractivity contribution < 1.29 is 4.79 Å². The van der Waals surface area contributed by atoms with Gasteiger partial charge in [0.15, 0.2) is 0 Å². The number of rotatable bonds is 5. The zero-order valence-corrected chi connectivity index (χ0v) is 11.6. The number of aryl methyl sites for hydroxylation is 2. The van der Waals surface area contributed by atoms with E-state index in [0.717, 1.165) is 23.8 Å². The largest absolute Gasteiger partial charge is 0.337 e. The van der Waals surface area contributed by atoms with Gasteiger partial charge in [0.25, 0.3) is 0 Å². The number of urea groups is 1. The lowest BCUT2D eigenvalue weighted by Crippen LogP contribution is -2.38. The van der Waals surface area contributed by atoms with E-state index in [1.807, 2.05) is 6.92 Å². The molecule has 0 unspecified atom stereocenters. The fourth-order valence-electron chi connectivity index (χ4n) is 1.23. The Kier molecular flexibility index (Phi) is 5.37. The topological polar surface area (TPSA) is 57.3 Å². The van der Waals surface area contributed by atoms with Gasteiger partial charge in [-0.15, -0.1) is 11.3 Å². The van der Waals surface area contributed by atoms with Gasteiger partial charge < -0.3 is 15.5 Å². The minimum atomic E-state index is -0.0623. The zero-order chi connectivity index (χ0) is 12.8. The fraction of sp³-hybridized carbons (Fsp3) is 0.636. The predicted octanol–water partition coefficient (Wildman–Crippen LogP) is 1.12. The molecule has 0 saturated heterocycles. The summed E-state index contributed by atoms with van der Waals surface area (Å²) in [4.78, 5) is 18.4. The van der Waals surface area contributed by atoms with E-state index in [4.69, 9.17) is 0 Å². The molecule has 6 heteroatoms. The first-order valence-electron chi connectivity index (χ1n) is 5.59. The number of amides is 2. The summed E-state index contributed by atoms with van der Waals surface area (Å²) in [5, 5.41) is 7.14. The first-order valence-corrected chi connectivity index (χ1v) is 6.41. The number of nitrogens with one attached hydrogen (secondary N) is 2. The van der Waals surface area contributed by atoms with E-state index < -0.39 is 0 Å². The number of nitrogens with zero attached hydrogens (tertiary/aromatic N) is 2. The van der Waals surface area contributed by atoms with Gasteiger partial charge in [0, 0.05) is 38.6 Å². The SMILES string of the molecule is Cc1nc(CNCCNC(=O)N(C)C)sc1C. The number of thiazole rings is 1. The fourth-order valence-corrected chi connectivity index (χ4v) is 2.13. The van der Waals surface area contributed by atoms with Crippen LogP contribution >= 0.6 is 11.3 Å². The second-order valence-electron chi connectivity index (χ2n) is 4.05. The third-order valence-electron chi connectivity index (χ3n) is 2.33. The van der Waals surface area contributed by atoms with E-state index in [1.165, 1.54) is 9.78 Å². The summed E-state index contributed by atoms with van der Waals surface area (Å²) in [6.07, 6.45) is 0. The van der Waals surface area contributed by atoms with Gasteiger partial charge in [0.2, 0.25) is 0 Å². The first-order chi connectivity index (χ1) is 8.00. The van der Waals surface area contributed by atoms with Gasteiger partial charge in [-0.25, -0.2) is 9.78 Å². The Morgan fingerprint density at radius 2 is 2.06 bits per heavy atom. The van der Waals surface area contributed by atoms with E-state index in [2.05, 4.69) is 22.5 Å². The van der Waals surface area contributed by atoms with Gasteiger partial charge in [-0.05, 0) is 13.8 Å². The van der Waals surface area contributed by atoms with Crippen LogP contribution in [-0.4, -0.2) is 43.1 Å². The standard InChI is InChI=1S/C11H20N4OS/c1-8-9(2)17-10(14-8)7-12-5-6-13-11(16)15(3)4/h12H,5-7H2,1-4H3,(H,13,16). The quantitative estimate of drug-likeness (QED) is 0.776. The van der Waals surface area contributed by atoms with Crippen LogP contribution in [0.4, 0.5) is 4.79 Å². The van der Waals surface area contributed by atoms with Crippen LogP contribution in [0.3, 0.4) is 0 Å². The number of aromatic nitrogens is 1. The summed E-state index contributed by atoms with van der Waals surface area (Å²) in [6, 6.07) is -0.0623. The highest BCUT2D eigenvalue weighted by molar-refractivity contribution is 7.11. The Morgan fingerprint density at radius 1 is 1.35 bits per heavy atom. The summed E-state index contributed by atoms with van der Waals surface area (Å²) in [6.45, 7) is 6.23. The molecule has 0 saturated carbocycles. The second kappa shape index (κ2) is 6.56. The molecular formula is C11H20N4OS.